The molecule has 2 aromatic rings. The number of hydrogen-bond acceptors (Lipinski definition) is 3. The summed E-state index contributed by atoms with van der Waals surface area (Å²) in [5.74, 6) is 0.543. The van der Waals surface area contributed by atoms with Crippen LogP contribution in [0.5, 0.6) is 5.88 Å². The molecule has 0 saturated carbocycles. The van der Waals surface area contributed by atoms with E-state index < -0.39 is 0 Å². The Bertz CT molecular complexity index is 585. The first-order valence-electron chi connectivity index (χ1n) is 6.18. The normalized spacial score (nSPS) is 10.1. The minimum Gasteiger partial charge on any atom is -0.481 e. The Kier molecular flexibility index (Phi) is 5.12. The highest BCUT2D eigenvalue weighted by atomic mass is 79.9. The van der Waals surface area contributed by atoms with Gasteiger partial charge in [-0.2, -0.15) is 0 Å². The molecule has 1 aromatic carbocycles. The Morgan fingerprint density at radius 3 is 2.75 bits per heavy atom. The number of nitrogens with zero attached hydrogens (tertiary/aromatic N) is 1. The molecule has 0 fully saturated rings. The zero-order chi connectivity index (χ0) is 14.4. The van der Waals surface area contributed by atoms with Crippen molar-refractivity contribution in [1.29, 1.82) is 0 Å². The van der Waals surface area contributed by atoms with E-state index in [1.54, 1.807) is 19.4 Å². The number of carbonyl (C=O) groups is 1. The Morgan fingerprint density at radius 2 is 2.10 bits per heavy atom. The first-order chi connectivity index (χ1) is 9.69. The summed E-state index contributed by atoms with van der Waals surface area (Å²) < 4.78 is 5.93. The molecule has 4 nitrogen and oxygen atoms in total. The van der Waals surface area contributed by atoms with E-state index >= 15 is 0 Å². The van der Waals surface area contributed by atoms with Gasteiger partial charge in [-0.3, -0.25) is 4.79 Å². The number of carbonyl (C=O) groups excluding carboxylic acids is 1. The minimum atomic E-state index is -0.0206. The number of methoxy groups -OCH3 is 1. The van der Waals surface area contributed by atoms with Gasteiger partial charge in [0.15, 0.2) is 0 Å². The number of halogens is 1. The first kappa shape index (κ1) is 14.5. The molecule has 1 aromatic heterocycles. The maximum Gasteiger partial charge on any atom is 0.224 e. The highest BCUT2D eigenvalue weighted by molar-refractivity contribution is 9.10. The van der Waals surface area contributed by atoms with Gasteiger partial charge in [-0.1, -0.05) is 40.2 Å². The van der Waals surface area contributed by atoms with Gasteiger partial charge in [0, 0.05) is 23.3 Å². The van der Waals surface area contributed by atoms with Crippen LogP contribution in [0.15, 0.2) is 47.1 Å². The highest BCUT2D eigenvalue weighted by Gasteiger charge is 2.06. The lowest BCUT2D eigenvalue weighted by Crippen LogP contribution is -2.24. The van der Waals surface area contributed by atoms with Crippen molar-refractivity contribution in [3.05, 3.63) is 58.2 Å². The molecule has 0 aliphatic carbocycles. The standard InChI is InChI=1S/C15H15BrN2O2/c1-20-15-7-6-11(10-18-15)9-17-14(19)8-12-4-2-3-5-13(12)16/h2-7,10H,8-9H2,1H3,(H,17,19). The predicted octanol–water partition coefficient (Wildman–Crippen LogP) is 2.71. The summed E-state index contributed by atoms with van der Waals surface area (Å²) in [6, 6.07) is 11.4. The lowest BCUT2D eigenvalue weighted by molar-refractivity contribution is -0.120. The van der Waals surface area contributed by atoms with Crippen molar-refractivity contribution in [2.45, 2.75) is 13.0 Å². The summed E-state index contributed by atoms with van der Waals surface area (Å²) in [4.78, 5) is 16.0. The largest absolute Gasteiger partial charge is 0.481 e. The molecule has 1 N–H and O–H groups in total. The van der Waals surface area contributed by atoms with E-state index in [-0.39, 0.29) is 5.91 Å². The molecule has 0 aliphatic heterocycles. The second-order valence-electron chi connectivity index (χ2n) is 4.25. The van der Waals surface area contributed by atoms with Crippen molar-refractivity contribution in [2.24, 2.45) is 0 Å². The van der Waals surface area contributed by atoms with E-state index in [2.05, 4.69) is 26.2 Å². The number of pyridine rings is 1. The molecule has 0 atom stereocenters. The van der Waals surface area contributed by atoms with Crippen LogP contribution in [-0.2, 0) is 17.8 Å². The van der Waals surface area contributed by atoms with Gasteiger partial charge in [-0.25, -0.2) is 4.98 Å². The van der Waals surface area contributed by atoms with Crippen LogP contribution in [0.2, 0.25) is 0 Å². The number of amides is 1. The molecule has 104 valence electrons. The summed E-state index contributed by atoms with van der Waals surface area (Å²) in [7, 11) is 1.57. The van der Waals surface area contributed by atoms with Crippen LogP contribution < -0.4 is 10.1 Å². The quantitative estimate of drug-likeness (QED) is 0.914. The van der Waals surface area contributed by atoms with E-state index in [0.717, 1.165) is 15.6 Å². The fourth-order valence-electron chi connectivity index (χ4n) is 1.71. The van der Waals surface area contributed by atoms with Crippen molar-refractivity contribution in [3.63, 3.8) is 0 Å². The number of nitrogens with one attached hydrogen (secondary N) is 1. The van der Waals surface area contributed by atoms with Gasteiger partial charge in [0.05, 0.1) is 13.5 Å². The van der Waals surface area contributed by atoms with Crippen molar-refractivity contribution in [3.8, 4) is 5.88 Å². The third kappa shape index (κ3) is 4.06. The molecular formula is C15H15BrN2O2. The van der Waals surface area contributed by atoms with Crippen LogP contribution in [0.4, 0.5) is 0 Å². The average molecular weight is 335 g/mol. The lowest BCUT2D eigenvalue weighted by Gasteiger charge is -2.07. The van der Waals surface area contributed by atoms with E-state index in [9.17, 15) is 4.79 Å². The summed E-state index contributed by atoms with van der Waals surface area (Å²) in [6.45, 7) is 0.459. The third-order valence-electron chi connectivity index (χ3n) is 2.81. The molecule has 20 heavy (non-hydrogen) atoms. The monoisotopic (exact) mass is 334 g/mol. The summed E-state index contributed by atoms with van der Waals surface area (Å²) in [5, 5.41) is 2.87. The molecule has 5 heteroatoms. The topological polar surface area (TPSA) is 51.2 Å². The number of aromatic nitrogens is 1. The van der Waals surface area contributed by atoms with Gasteiger partial charge in [-0.15, -0.1) is 0 Å². The van der Waals surface area contributed by atoms with Crippen molar-refractivity contribution in [1.82, 2.24) is 10.3 Å². The Morgan fingerprint density at radius 1 is 1.30 bits per heavy atom. The Labute approximate surface area is 126 Å². The fraction of sp³-hybridized carbons (Fsp3) is 0.200. The van der Waals surface area contributed by atoms with Gasteiger partial charge in [0.25, 0.3) is 0 Å². The number of rotatable bonds is 5. The maximum atomic E-state index is 11.9. The second kappa shape index (κ2) is 7.05. The molecule has 0 bridgehead atoms. The molecule has 1 heterocycles. The first-order valence-corrected chi connectivity index (χ1v) is 6.97. The molecule has 0 radical (unpaired) electrons. The summed E-state index contributed by atoms with van der Waals surface area (Å²) >= 11 is 3.43. The smallest absolute Gasteiger partial charge is 0.224 e. The average Bonchev–Trinajstić information content (AvgIpc) is 2.48. The third-order valence-corrected chi connectivity index (χ3v) is 3.58. The second-order valence-corrected chi connectivity index (χ2v) is 5.11. The number of hydrogen-bond donors (Lipinski definition) is 1. The van der Waals surface area contributed by atoms with Crippen LogP contribution in [-0.4, -0.2) is 18.0 Å². The molecule has 1 amide bonds. The van der Waals surface area contributed by atoms with Gasteiger partial charge in [0.1, 0.15) is 0 Å². The van der Waals surface area contributed by atoms with E-state index in [4.69, 9.17) is 4.74 Å². The van der Waals surface area contributed by atoms with Crippen molar-refractivity contribution in [2.75, 3.05) is 7.11 Å². The predicted molar refractivity (Wildman–Crippen MR) is 80.5 cm³/mol. The van der Waals surface area contributed by atoms with Gasteiger partial charge in [0.2, 0.25) is 11.8 Å². The van der Waals surface area contributed by atoms with Crippen molar-refractivity contribution >= 4 is 21.8 Å². The minimum absolute atomic E-state index is 0.0206. The van der Waals surface area contributed by atoms with Crippen LogP contribution >= 0.6 is 15.9 Å². The maximum absolute atomic E-state index is 11.9. The Hall–Kier alpha value is -1.88. The molecule has 2 rings (SSSR count). The molecular weight excluding hydrogens is 320 g/mol. The van der Waals surface area contributed by atoms with Gasteiger partial charge >= 0.3 is 0 Å². The zero-order valence-electron chi connectivity index (χ0n) is 11.1. The molecule has 0 aliphatic rings. The van der Waals surface area contributed by atoms with Crippen LogP contribution in [0.25, 0.3) is 0 Å². The van der Waals surface area contributed by atoms with E-state index in [0.29, 0.717) is 18.8 Å². The zero-order valence-corrected chi connectivity index (χ0v) is 12.7. The number of ether oxygens (including phenoxy) is 1. The molecule has 0 spiro atoms. The van der Waals surface area contributed by atoms with Crippen LogP contribution in [0.3, 0.4) is 0 Å². The van der Waals surface area contributed by atoms with Crippen molar-refractivity contribution < 1.29 is 9.53 Å². The fourth-order valence-corrected chi connectivity index (χ4v) is 2.14. The molecule has 0 saturated heterocycles. The summed E-state index contributed by atoms with van der Waals surface area (Å²) in [5.41, 5.74) is 1.91. The Balaban J connectivity index is 1.87. The lowest BCUT2D eigenvalue weighted by atomic mass is 10.1. The SMILES string of the molecule is COc1ccc(CNC(=O)Cc2ccccc2Br)cn1. The van der Waals surface area contributed by atoms with E-state index in [1.165, 1.54) is 0 Å². The number of benzene rings is 1. The van der Waals surface area contributed by atoms with Gasteiger partial charge in [-0.05, 0) is 17.2 Å². The molecule has 0 unspecified atom stereocenters. The summed E-state index contributed by atoms with van der Waals surface area (Å²) in [6.07, 6.45) is 2.04. The van der Waals surface area contributed by atoms with Crippen LogP contribution in [0.1, 0.15) is 11.1 Å². The van der Waals surface area contributed by atoms with Gasteiger partial charge < -0.3 is 10.1 Å². The van der Waals surface area contributed by atoms with E-state index in [1.807, 2.05) is 30.3 Å². The van der Waals surface area contributed by atoms with Crippen LogP contribution in [0, 0.1) is 0 Å². The highest BCUT2D eigenvalue weighted by Crippen LogP contribution is 2.16.